The van der Waals surface area contributed by atoms with Crippen LogP contribution < -0.4 is 10.2 Å². The van der Waals surface area contributed by atoms with E-state index in [9.17, 15) is 24.7 Å². The molecule has 168 valence electrons. The number of benzene rings is 1. The van der Waals surface area contributed by atoms with Crippen LogP contribution >= 0.6 is 20.0 Å². The van der Waals surface area contributed by atoms with Crippen LogP contribution in [0.3, 0.4) is 0 Å². The molecule has 2 aliphatic rings. The molecule has 3 heterocycles. The SMILES string of the molecule is [2H]C([2H])(OP1(=O)OCc2ccccc2O1)[C@@]1(F)O[C@@H](n2cc(CO)c(=S)[nH]c2=O)[C@H](O)[C@@H]1O. The fraction of sp³-hybridized carbons (Fsp3) is 0.412. The normalized spacial score (nSPS) is 33.9. The van der Waals surface area contributed by atoms with Gasteiger partial charge in [0.25, 0.3) is 5.85 Å². The number of phosphoric acid groups is 1. The van der Waals surface area contributed by atoms with Gasteiger partial charge in [-0.3, -0.25) is 18.6 Å². The predicted molar refractivity (Wildman–Crippen MR) is 103 cm³/mol. The second-order valence-corrected chi connectivity index (χ2v) is 8.61. The monoisotopic (exact) mass is 478 g/mol. The van der Waals surface area contributed by atoms with Crippen molar-refractivity contribution in [1.29, 1.82) is 0 Å². The highest BCUT2D eigenvalue weighted by Crippen LogP contribution is 2.55. The molecular weight excluding hydrogens is 458 g/mol. The first-order valence-electron chi connectivity index (χ1n) is 9.82. The zero-order valence-corrected chi connectivity index (χ0v) is 17.2. The van der Waals surface area contributed by atoms with Gasteiger partial charge in [0.05, 0.1) is 16.0 Å². The number of aromatic amines is 1. The summed E-state index contributed by atoms with van der Waals surface area (Å²) in [4.78, 5) is 14.4. The van der Waals surface area contributed by atoms with Gasteiger partial charge >= 0.3 is 13.5 Å². The second kappa shape index (κ2) is 8.19. The average molecular weight is 478 g/mol. The van der Waals surface area contributed by atoms with E-state index in [1.54, 1.807) is 18.2 Å². The van der Waals surface area contributed by atoms with Gasteiger partial charge in [-0.25, -0.2) is 13.8 Å². The van der Waals surface area contributed by atoms with E-state index < -0.39 is 51.0 Å². The summed E-state index contributed by atoms with van der Waals surface area (Å²) in [7, 11) is -4.74. The van der Waals surface area contributed by atoms with Crippen molar-refractivity contribution in [3.8, 4) is 5.75 Å². The molecule has 1 saturated heterocycles. The lowest BCUT2D eigenvalue weighted by molar-refractivity contribution is -0.205. The lowest BCUT2D eigenvalue weighted by Crippen LogP contribution is -2.43. The fourth-order valence-electron chi connectivity index (χ4n) is 3.00. The number of H-pyrrole nitrogens is 1. The van der Waals surface area contributed by atoms with Crippen LogP contribution in [0.25, 0.3) is 0 Å². The first kappa shape index (κ1) is 19.7. The molecule has 0 saturated carbocycles. The van der Waals surface area contributed by atoms with Crippen molar-refractivity contribution in [2.75, 3.05) is 6.56 Å². The van der Waals surface area contributed by atoms with Crippen LogP contribution in [-0.4, -0.2) is 49.5 Å². The van der Waals surface area contributed by atoms with Crippen LogP contribution in [0.1, 0.15) is 20.1 Å². The minimum atomic E-state index is -4.74. The summed E-state index contributed by atoms with van der Waals surface area (Å²) in [6, 6.07) is 6.22. The Kier molecular flexibility index (Phi) is 5.20. The van der Waals surface area contributed by atoms with Crippen LogP contribution in [0, 0.1) is 4.64 Å². The van der Waals surface area contributed by atoms with Crippen molar-refractivity contribution >= 4 is 20.0 Å². The maximum Gasteiger partial charge on any atom is 0.530 e. The molecule has 31 heavy (non-hydrogen) atoms. The molecule has 1 unspecified atom stereocenters. The number of para-hydroxylation sites is 1. The van der Waals surface area contributed by atoms with Gasteiger partial charge in [-0.2, -0.15) is 0 Å². The maximum absolute atomic E-state index is 15.7. The van der Waals surface area contributed by atoms with Gasteiger partial charge in [0.15, 0.2) is 6.23 Å². The molecule has 0 amide bonds. The number of fused-ring (bicyclic) bond motifs is 1. The van der Waals surface area contributed by atoms with E-state index in [1.807, 2.05) is 0 Å². The average Bonchev–Trinajstić information content (AvgIpc) is 2.98. The number of ether oxygens (including phenoxy) is 1. The number of rotatable bonds is 5. The van der Waals surface area contributed by atoms with Gasteiger partial charge in [-0.1, -0.05) is 30.4 Å². The number of nitrogens with one attached hydrogen (secondary N) is 1. The van der Waals surface area contributed by atoms with E-state index in [4.69, 9.17) is 33.3 Å². The van der Waals surface area contributed by atoms with Gasteiger partial charge in [0, 0.05) is 17.3 Å². The molecule has 14 heteroatoms. The smallest absolute Gasteiger partial charge is 0.404 e. The van der Waals surface area contributed by atoms with E-state index in [2.05, 4.69) is 4.98 Å². The van der Waals surface area contributed by atoms with E-state index >= 15 is 4.39 Å². The summed E-state index contributed by atoms with van der Waals surface area (Å²) in [6.07, 6.45) is -5.80. The van der Waals surface area contributed by atoms with Crippen LogP contribution in [0.5, 0.6) is 5.75 Å². The second-order valence-electron chi connectivity index (χ2n) is 6.68. The largest absolute Gasteiger partial charge is 0.530 e. The molecule has 4 rings (SSSR count). The fourth-order valence-corrected chi connectivity index (χ4v) is 4.30. The van der Waals surface area contributed by atoms with Crippen molar-refractivity contribution in [2.45, 2.75) is 37.5 Å². The Morgan fingerprint density at radius 1 is 1.45 bits per heavy atom. The molecule has 4 N–H and O–H groups in total. The number of alkyl halides is 1. The van der Waals surface area contributed by atoms with Crippen LogP contribution in [0.2, 0.25) is 0 Å². The number of aliphatic hydroxyl groups excluding tert-OH is 3. The van der Waals surface area contributed by atoms with Gasteiger partial charge in [0.2, 0.25) is 0 Å². The van der Waals surface area contributed by atoms with E-state index in [0.29, 0.717) is 10.1 Å². The topological polar surface area (TPSA) is 152 Å². The Balaban J connectivity index is 1.64. The number of hydrogen-bond donors (Lipinski definition) is 4. The van der Waals surface area contributed by atoms with Crippen molar-refractivity contribution in [3.63, 3.8) is 0 Å². The highest BCUT2D eigenvalue weighted by molar-refractivity contribution is 7.71. The van der Waals surface area contributed by atoms with Gasteiger partial charge in [-0.05, 0) is 6.07 Å². The number of aliphatic hydroxyl groups is 3. The summed E-state index contributed by atoms with van der Waals surface area (Å²) in [5.41, 5.74) is -0.503. The first-order valence-corrected chi connectivity index (χ1v) is 10.7. The number of hydrogen-bond acceptors (Lipinski definition) is 10. The minimum absolute atomic E-state index is 0.0117. The third kappa shape index (κ3) is 4.11. The molecule has 1 aromatic heterocycles. The van der Waals surface area contributed by atoms with Crippen molar-refractivity contribution < 1.29 is 45.3 Å². The summed E-state index contributed by atoms with van der Waals surface area (Å²) in [6.45, 7) is -4.61. The van der Waals surface area contributed by atoms with E-state index in [-0.39, 0.29) is 22.6 Å². The summed E-state index contributed by atoms with van der Waals surface area (Å²) >= 11 is 4.87. The third-order valence-electron chi connectivity index (χ3n) is 4.63. The number of aromatic nitrogens is 2. The summed E-state index contributed by atoms with van der Waals surface area (Å²) in [5.74, 6) is -3.77. The highest BCUT2D eigenvalue weighted by atomic mass is 32.1. The lowest BCUT2D eigenvalue weighted by Gasteiger charge is -2.28. The molecule has 1 fully saturated rings. The zero-order valence-electron chi connectivity index (χ0n) is 17.5. The van der Waals surface area contributed by atoms with Gasteiger partial charge in [-0.15, -0.1) is 0 Å². The molecule has 0 radical (unpaired) electrons. The molecule has 1 aromatic carbocycles. The molecular formula is C17H18FN2O9PS. The van der Waals surface area contributed by atoms with Gasteiger partial charge < -0.3 is 24.6 Å². The van der Waals surface area contributed by atoms with Crippen LogP contribution in [0.4, 0.5) is 4.39 Å². The minimum Gasteiger partial charge on any atom is -0.404 e. The van der Waals surface area contributed by atoms with Crippen LogP contribution in [0.15, 0.2) is 35.3 Å². The Bertz CT molecular complexity index is 1240. The molecule has 2 aromatic rings. The van der Waals surface area contributed by atoms with Gasteiger partial charge in [0.1, 0.15) is 29.2 Å². The Morgan fingerprint density at radius 3 is 2.94 bits per heavy atom. The van der Waals surface area contributed by atoms with Crippen molar-refractivity contribution in [2.24, 2.45) is 0 Å². The Morgan fingerprint density at radius 2 is 2.19 bits per heavy atom. The number of nitrogens with zero attached hydrogens (tertiary/aromatic N) is 1. The van der Waals surface area contributed by atoms with E-state index in [0.717, 1.165) is 6.20 Å². The number of halogens is 1. The van der Waals surface area contributed by atoms with Crippen molar-refractivity contribution in [3.05, 3.63) is 56.7 Å². The van der Waals surface area contributed by atoms with Crippen molar-refractivity contribution in [1.82, 2.24) is 9.55 Å². The zero-order chi connectivity index (χ0) is 24.2. The Labute approximate surface area is 182 Å². The molecule has 5 atom stereocenters. The molecule has 11 nitrogen and oxygen atoms in total. The molecule has 0 bridgehead atoms. The summed E-state index contributed by atoms with van der Waals surface area (Å²) < 4.78 is 64.8. The Hall–Kier alpha value is -1.96. The van der Waals surface area contributed by atoms with E-state index in [1.165, 1.54) is 6.07 Å². The number of phosphoric ester groups is 1. The molecule has 0 spiro atoms. The van der Waals surface area contributed by atoms with Crippen LogP contribution in [-0.2, 0) is 31.6 Å². The third-order valence-corrected chi connectivity index (χ3v) is 6.18. The molecule has 2 aliphatic heterocycles. The predicted octanol–water partition coefficient (Wildman–Crippen LogP) is 1.05. The lowest BCUT2D eigenvalue weighted by atomic mass is 10.1. The molecule has 0 aliphatic carbocycles. The highest BCUT2D eigenvalue weighted by Gasteiger charge is 2.57. The summed E-state index contributed by atoms with van der Waals surface area (Å²) in [5, 5.41) is 30.0. The quantitative estimate of drug-likeness (QED) is 0.362. The standard InChI is InChI=1S/C17H18FN2O9PS/c18-17(8-27-30(25)26-7-9-3-1-2-4-11(9)29-30)13(23)12(22)15(28-17)20-5-10(6-21)14(31)19-16(20)24/h1-5,12-13,15,21-23H,6-8H2,(H,19,24,31)/t12-,13+,15-,17-,30?/m1/s1/i8D2. The maximum atomic E-state index is 15.7. The first-order chi connectivity index (χ1) is 15.4.